The summed E-state index contributed by atoms with van der Waals surface area (Å²) in [6.07, 6.45) is -0.960. The first-order valence-electron chi connectivity index (χ1n) is 2.20. The third-order valence-electron chi connectivity index (χ3n) is 0.491. The molecule has 0 fully saturated rings. The van der Waals surface area contributed by atoms with E-state index < -0.39 is 18.8 Å². The van der Waals surface area contributed by atoms with Crippen LogP contribution in [0.5, 0.6) is 0 Å². The minimum Gasteiger partial charge on any atom is -0.374 e. The molecule has 2 N–H and O–H groups in total. The third kappa shape index (κ3) is 3.55. The largest absolute Gasteiger partial charge is 0.374 e. The van der Waals surface area contributed by atoms with Gasteiger partial charge in [0.1, 0.15) is 6.23 Å². The lowest BCUT2D eigenvalue weighted by molar-refractivity contribution is -0.124. The molecule has 0 heterocycles. The van der Waals surface area contributed by atoms with Gasteiger partial charge in [-0.05, 0) is 6.92 Å². The van der Waals surface area contributed by atoms with E-state index in [0.717, 1.165) is 0 Å². The summed E-state index contributed by atoms with van der Waals surface area (Å²) < 4.78 is 11.2. The van der Waals surface area contributed by atoms with E-state index >= 15 is 0 Å². The van der Waals surface area contributed by atoms with Gasteiger partial charge in [-0.3, -0.25) is 4.79 Å². The second-order valence-corrected chi connectivity index (χ2v) is 1.38. The molecule has 0 aliphatic heterocycles. The van der Waals surface area contributed by atoms with Crippen molar-refractivity contribution in [2.45, 2.75) is 13.2 Å². The fourth-order valence-corrected chi connectivity index (χ4v) is 0.272. The van der Waals surface area contributed by atoms with Gasteiger partial charge in [0.05, 0.1) is 0 Å². The Kier molecular flexibility index (Phi) is 3.10. The van der Waals surface area contributed by atoms with Gasteiger partial charge in [0.25, 0.3) is 5.91 Å². The van der Waals surface area contributed by atoms with Gasteiger partial charge in [0.15, 0.2) is 6.67 Å². The molecule has 0 saturated carbocycles. The molecule has 0 spiro atoms. The number of aliphatic hydroxyl groups is 1. The summed E-state index contributed by atoms with van der Waals surface area (Å²) in [6, 6.07) is 0. The number of rotatable bonds is 2. The first-order valence-corrected chi connectivity index (χ1v) is 2.20. The van der Waals surface area contributed by atoms with Crippen LogP contribution in [0.1, 0.15) is 6.92 Å². The molecular weight excluding hydrogens is 113 g/mol. The zero-order valence-corrected chi connectivity index (χ0v) is 4.52. The first kappa shape index (κ1) is 7.36. The third-order valence-corrected chi connectivity index (χ3v) is 0.491. The maximum atomic E-state index is 11.2. The normalized spacial score (nSPS) is 12.9. The summed E-state index contributed by atoms with van der Waals surface area (Å²) >= 11 is 0. The van der Waals surface area contributed by atoms with Crippen molar-refractivity contribution in [2.24, 2.45) is 0 Å². The van der Waals surface area contributed by atoms with Crippen molar-refractivity contribution in [3.63, 3.8) is 0 Å². The van der Waals surface area contributed by atoms with Crippen molar-refractivity contribution >= 4 is 5.91 Å². The molecule has 1 amide bonds. The van der Waals surface area contributed by atoms with Gasteiger partial charge in [-0.25, -0.2) is 4.39 Å². The van der Waals surface area contributed by atoms with Crippen LogP contribution in [0.2, 0.25) is 0 Å². The Bertz CT molecular complexity index is 84.1. The topological polar surface area (TPSA) is 49.3 Å². The van der Waals surface area contributed by atoms with E-state index in [1.807, 2.05) is 5.32 Å². The van der Waals surface area contributed by atoms with Gasteiger partial charge in [-0.2, -0.15) is 0 Å². The Balaban J connectivity index is 3.25. The average Bonchev–Trinajstić information content (AvgIpc) is 1.65. The lowest BCUT2D eigenvalue weighted by Crippen LogP contribution is -2.33. The number of hydrogen-bond donors (Lipinski definition) is 2. The lowest BCUT2D eigenvalue weighted by atomic mass is 10.6. The maximum absolute atomic E-state index is 11.2. The van der Waals surface area contributed by atoms with E-state index in [2.05, 4.69) is 0 Å². The van der Waals surface area contributed by atoms with E-state index in [-0.39, 0.29) is 0 Å². The number of alkyl halides is 1. The van der Waals surface area contributed by atoms with Crippen molar-refractivity contribution in [1.82, 2.24) is 5.32 Å². The molecule has 0 aromatic carbocycles. The fraction of sp³-hybridized carbons (Fsp3) is 0.750. The molecule has 4 heteroatoms. The van der Waals surface area contributed by atoms with E-state index in [0.29, 0.717) is 0 Å². The number of carbonyl (C=O) groups is 1. The molecule has 3 nitrogen and oxygen atoms in total. The summed E-state index contributed by atoms with van der Waals surface area (Å²) in [7, 11) is 0. The first-order chi connectivity index (χ1) is 3.66. The minimum absolute atomic E-state index is 0.792. The molecule has 0 radical (unpaired) electrons. The van der Waals surface area contributed by atoms with Crippen LogP contribution in [0, 0.1) is 0 Å². The smallest absolute Gasteiger partial charge is 0.253 e. The molecule has 1 atom stereocenters. The monoisotopic (exact) mass is 121 g/mol. The van der Waals surface area contributed by atoms with E-state index in [1.165, 1.54) is 6.92 Å². The van der Waals surface area contributed by atoms with Crippen molar-refractivity contribution in [3.8, 4) is 0 Å². The zero-order valence-electron chi connectivity index (χ0n) is 4.52. The van der Waals surface area contributed by atoms with Crippen molar-refractivity contribution in [1.29, 1.82) is 0 Å². The number of amides is 1. The molecule has 8 heavy (non-hydrogen) atoms. The van der Waals surface area contributed by atoms with Crippen molar-refractivity contribution in [2.75, 3.05) is 6.67 Å². The van der Waals surface area contributed by atoms with Gasteiger partial charge in [-0.1, -0.05) is 0 Å². The SMILES string of the molecule is CC(O)NC(=O)CF. The molecule has 0 aromatic heterocycles. The predicted molar refractivity (Wildman–Crippen MR) is 25.8 cm³/mol. The highest BCUT2D eigenvalue weighted by Crippen LogP contribution is 1.72. The molecule has 48 valence electrons. The predicted octanol–water partition coefficient (Wildman–Crippen LogP) is -0.590. The average molecular weight is 121 g/mol. The van der Waals surface area contributed by atoms with Crippen LogP contribution in [-0.4, -0.2) is 23.9 Å². The molecule has 0 saturated heterocycles. The summed E-state index contributed by atoms with van der Waals surface area (Å²) in [5.74, 6) is -0.792. The van der Waals surface area contributed by atoms with Crippen molar-refractivity contribution in [3.05, 3.63) is 0 Å². The van der Waals surface area contributed by atoms with E-state index in [4.69, 9.17) is 5.11 Å². The molecular formula is C4H8FNO2. The van der Waals surface area contributed by atoms with Crippen LogP contribution >= 0.6 is 0 Å². The van der Waals surface area contributed by atoms with Crippen LogP contribution in [0.25, 0.3) is 0 Å². The molecule has 0 bridgehead atoms. The standard InChI is InChI=1S/C4H8FNO2/c1-3(7)6-4(8)2-5/h3,7H,2H2,1H3,(H,6,8). The maximum Gasteiger partial charge on any atom is 0.253 e. The van der Waals surface area contributed by atoms with Gasteiger partial charge in [0.2, 0.25) is 0 Å². The number of nitrogens with one attached hydrogen (secondary N) is 1. The number of hydrogen-bond acceptors (Lipinski definition) is 2. The Morgan fingerprint density at radius 2 is 2.50 bits per heavy atom. The highest BCUT2D eigenvalue weighted by Gasteiger charge is 2.00. The highest BCUT2D eigenvalue weighted by atomic mass is 19.1. The van der Waals surface area contributed by atoms with Crippen LogP contribution < -0.4 is 5.32 Å². The Hall–Kier alpha value is -0.640. The van der Waals surface area contributed by atoms with Crippen molar-refractivity contribution < 1.29 is 14.3 Å². The second-order valence-electron chi connectivity index (χ2n) is 1.38. The lowest BCUT2D eigenvalue weighted by Gasteiger charge is -2.02. The summed E-state index contributed by atoms with van der Waals surface area (Å²) in [6.45, 7) is 0.262. The molecule has 1 unspecified atom stereocenters. The van der Waals surface area contributed by atoms with Crippen LogP contribution in [-0.2, 0) is 4.79 Å². The van der Waals surface area contributed by atoms with Gasteiger partial charge in [-0.15, -0.1) is 0 Å². The van der Waals surface area contributed by atoms with Crippen LogP contribution in [0.3, 0.4) is 0 Å². The second kappa shape index (κ2) is 3.37. The fourth-order valence-electron chi connectivity index (χ4n) is 0.272. The molecule has 0 rings (SSSR count). The van der Waals surface area contributed by atoms with Gasteiger partial charge in [0, 0.05) is 0 Å². The summed E-state index contributed by atoms with van der Waals surface area (Å²) in [5, 5.41) is 10.3. The quantitative estimate of drug-likeness (QED) is 0.480. The van der Waals surface area contributed by atoms with E-state index in [9.17, 15) is 9.18 Å². The zero-order chi connectivity index (χ0) is 6.57. The molecule has 0 aliphatic carbocycles. The number of aliphatic hydroxyl groups excluding tert-OH is 1. The Labute approximate surface area is 46.5 Å². The minimum atomic E-state index is -1.08. The van der Waals surface area contributed by atoms with Gasteiger partial charge < -0.3 is 10.4 Å². The summed E-state index contributed by atoms with van der Waals surface area (Å²) in [4.78, 5) is 9.98. The highest BCUT2D eigenvalue weighted by molar-refractivity contribution is 5.77. The Morgan fingerprint density at radius 3 is 2.62 bits per heavy atom. The number of halogens is 1. The van der Waals surface area contributed by atoms with Gasteiger partial charge >= 0.3 is 0 Å². The molecule has 0 aliphatic rings. The number of carbonyl (C=O) groups excluding carboxylic acids is 1. The van der Waals surface area contributed by atoms with Crippen LogP contribution in [0.15, 0.2) is 0 Å². The molecule has 0 aromatic rings. The summed E-state index contributed by atoms with van der Waals surface area (Å²) in [5.41, 5.74) is 0. The Morgan fingerprint density at radius 1 is 2.00 bits per heavy atom. The van der Waals surface area contributed by atoms with Crippen LogP contribution in [0.4, 0.5) is 4.39 Å². The van der Waals surface area contributed by atoms with E-state index in [1.54, 1.807) is 0 Å².